The van der Waals surface area contributed by atoms with E-state index in [0.717, 1.165) is 41.2 Å². The Hall–Kier alpha value is -0.770. The Morgan fingerprint density at radius 2 is 1.73 bits per heavy atom. The fraction of sp³-hybridized carbons (Fsp3) is 0.556. The number of allylic oxidation sites excluding steroid dienone is 1. The van der Waals surface area contributed by atoms with Gasteiger partial charge in [-0.1, -0.05) is 57.2 Å². The Morgan fingerprint density at radius 3 is 2.35 bits per heavy atom. The van der Waals surface area contributed by atoms with Gasteiger partial charge in [0, 0.05) is 12.0 Å². The molecule has 0 unspecified atom stereocenters. The average Bonchev–Trinajstić information content (AvgIpc) is 2.55. The van der Waals surface area contributed by atoms with E-state index in [2.05, 4.69) is 11.1 Å². The highest BCUT2D eigenvalue weighted by Gasteiger charge is 2.49. The molecule has 0 heterocycles. The van der Waals surface area contributed by atoms with Crippen LogP contribution in [0.15, 0.2) is 34.1 Å². The molecule has 26 heavy (non-hydrogen) atoms. The maximum atomic E-state index is 12.6. The van der Waals surface area contributed by atoms with Gasteiger partial charge in [-0.05, 0) is 19.4 Å². The minimum absolute atomic E-state index is 0.0890. The second-order valence-electron chi connectivity index (χ2n) is 5.93. The molecule has 0 fully saturated rings. The Morgan fingerprint density at radius 1 is 1.12 bits per heavy atom. The number of unbranched alkanes of at least 4 members (excludes halogenated alkanes) is 5. The summed E-state index contributed by atoms with van der Waals surface area (Å²) >= 11 is -0.777. The number of hydrogen-bond acceptors (Lipinski definition) is 3. The molecule has 8 heteroatoms. The van der Waals surface area contributed by atoms with Gasteiger partial charge in [0.05, 0.1) is 0 Å². The monoisotopic (exact) mass is 505 g/mol. The summed E-state index contributed by atoms with van der Waals surface area (Å²) in [4.78, 5) is 0. The molecule has 0 amide bonds. The molecule has 0 atom stereocenters. The molecule has 0 aliphatic rings. The fourth-order valence-electron chi connectivity index (χ4n) is 2.18. The molecule has 0 spiro atoms. The maximum absolute atomic E-state index is 12.6. The predicted octanol–water partition coefficient (Wildman–Crippen LogP) is 2.71. The Kier molecular flexibility index (Phi) is 9.99. The highest BCUT2D eigenvalue weighted by Crippen LogP contribution is 2.27. The molecule has 148 valence electrons. The lowest BCUT2D eigenvalue weighted by Crippen LogP contribution is -3.59. The lowest BCUT2D eigenvalue weighted by atomic mass is 10.1. The molecule has 1 aromatic carbocycles. The summed E-state index contributed by atoms with van der Waals surface area (Å²) in [5.41, 5.74) is -4.37. The van der Waals surface area contributed by atoms with Crippen LogP contribution in [0.1, 0.15) is 57.4 Å². The number of hydrogen-bond donors (Lipinski definition) is 0. The number of alkyl halides is 3. The van der Waals surface area contributed by atoms with E-state index in [1.165, 1.54) is 0 Å². The lowest BCUT2D eigenvalue weighted by molar-refractivity contribution is -0.559. The van der Waals surface area contributed by atoms with Crippen molar-refractivity contribution in [3.05, 3.63) is 43.2 Å². The zero-order valence-corrected chi connectivity index (χ0v) is 18.0. The molecule has 1 rings (SSSR count). The maximum Gasteiger partial charge on any atom is 0.534 e. The standard InChI is InChI=1S/C18H25F3IO3S/c1-3-4-5-6-7-8-12-16(25-26(23,24)18(19,20)21)14-22-17-13-10-9-11-15(17)2/h9-11,13-14H,3-8,12H2,1-2H3/q+1/b16-14+. The van der Waals surface area contributed by atoms with Crippen molar-refractivity contribution in [1.82, 2.24) is 0 Å². The molecule has 0 aromatic heterocycles. The highest BCUT2D eigenvalue weighted by atomic mass is 127. The van der Waals surface area contributed by atoms with Crippen LogP contribution in [0.3, 0.4) is 0 Å². The Labute approximate surface area is 164 Å². The van der Waals surface area contributed by atoms with Crippen molar-refractivity contribution < 1.29 is 47.0 Å². The quantitative estimate of drug-likeness (QED) is 0.153. The molecular weight excluding hydrogens is 480 g/mol. The van der Waals surface area contributed by atoms with Gasteiger partial charge in [0.1, 0.15) is 0 Å². The molecule has 0 radical (unpaired) electrons. The predicted molar refractivity (Wildman–Crippen MR) is 92.0 cm³/mol. The van der Waals surface area contributed by atoms with E-state index < -0.39 is 36.8 Å². The summed E-state index contributed by atoms with van der Waals surface area (Å²) in [6.45, 7) is 4.02. The van der Waals surface area contributed by atoms with Crippen LogP contribution in [0, 0.1) is 10.5 Å². The molecule has 0 aliphatic carbocycles. The van der Waals surface area contributed by atoms with Gasteiger partial charge in [-0.3, -0.25) is 0 Å². The van der Waals surface area contributed by atoms with E-state index in [4.69, 9.17) is 0 Å². The lowest BCUT2D eigenvalue weighted by Gasteiger charge is -2.10. The van der Waals surface area contributed by atoms with Gasteiger partial charge >= 0.3 is 36.8 Å². The Bertz CT molecular complexity index is 685. The number of halogens is 4. The molecule has 0 saturated carbocycles. The van der Waals surface area contributed by atoms with Crippen LogP contribution < -0.4 is 21.2 Å². The highest BCUT2D eigenvalue weighted by molar-refractivity contribution is 7.87. The second kappa shape index (κ2) is 11.2. The summed E-state index contributed by atoms with van der Waals surface area (Å²) in [5, 5.41) is 0. The summed E-state index contributed by atoms with van der Waals surface area (Å²) in [6.07, 6.45) is 5.95. The smallest absolute Gasteiger partial charge is 0.376 e. The van der Waals surface area contributed by atoms with Gasteiger partial charge in [0.15, 0.2) is 13.4 Å². The first kappa shape index (κ1) is 23.3. The van der Waals surface area contributed by atoms with Crippen LogP contribution in [0.25, 0.3) is 0 Å². The second-order valence-corrected chi connectivity index (χ2v) is 9.88. The number of rotatable bonds is 11. The van der Waals surface area contributed by atoms with Crippen LogP contribution in [-0.2, 0) is 14.3 Å². The normalized spacial score (nSPS) is 13.0. The van der Waals surface area contributed by atoms with Crippen molar-refractivity contribution in [3.63, 3.8) is 0 Å². The van der Waals surface area contributed by atoms with Crippen LogP contribution in [0.5, 0.6) is 0 Å². The molecule has 3 nitrogen and oxygen atoms in total. The molecule has 0 aliphatic heterocycles. The first-order chi connectivity index (χ1) is 12.2. The van der Waals surface area contributed by atoms with Crippen molar-refractivity contribution >= 4 is 10.1 Å². The molecule has 0 N–H and O–H groups in total. The third-order valence-electron chi connectivity index (χ3n) is 3.65. The largest absolute Gasteiger partial charge is 0.534 e. The van der Waals surface area contributed by atoms with E-state index >= 15 is 0 Å². The van der Waals surface area contributed by atoms with Crippen molar-refractivity contribution in [2.45, 2.75) is 64.3 Å². The molecule has 0 saturated heterocycles. The van der Waals surface area contributed by atoms with Crippen LogP contribution in [0.2, 0.25) is 0 Å². The topological polar surface area (TPSA) is 43.4 Å². The number of benzene rings is 1. The average molecular weight is 505 g/mol. The summed E-state index contributed by atoms with van der Waals surface area (Å²) < 4.78 is 67.5. The summed E-state index contributed by atoms with van der Waals surface area (Å²) in [7, 11) is -5.61. The van der Waals surface area contributed by atoms with Gasteiger partial charge in [-0.15, -0.1) is 0 Å². The van der Waals surface area contributed by atoms with E-state index in [1.807, 2.05) is 31.2 Å². The zero-order chi connectivity index (χ0) is 19.6. The van der Waals surface area contributed by atoms with Gasteiger partial charge < -0.3 is 4.18 Å². The van der Waals surface area contributed by atoms with Gasteiger partial charge in [-0.2, -0.15) is 21.6 Å². The summed E-state index contributed by atoms with van der Waals surface area (Å²) in [6, 6.07) is 7.56. The fourth-order valence-corrected chi connectivity index (χ4v) is 5.06. The zero-order valence-electron chi connectivity index (χ0n) is 15.0. The van der Waals surface area contributed by atoms with Crippen molar-refractivity contribution in [1.29, 1.82) is 0 Å². The third kappa shape index (κ3) is 8.28. The summed E-state index contributed by atoms with van der Waals surface area (Å²) in [5.74, 6) is -0.0890. The van der Waals surface area contributed by atoms with Gasteiger partial charge in [0.2, 0.25) is 0 Å². The minimum Gasteiger partial charge on any atom is -0.376 e. The van der Waals surface area contributed by atoms with Crippen LogP contribution in [-0.4, -0.2) is 13.9 Å². The van der Waals surface area contributed by atoms with Gasteiger partial charge in [-0.25, -0.2) is 0 Å². The van der Waals surface area contributed by atoms with Crippen LogP contribution >= 0.6 is 0 Å². The molecular formula is C18H25F3IO3S+. The van der Waals surface area contributed by atoms with Crippen LogP contribution in [0.4, 0.5) is 13.2 Å². The first-order valence-corrected chi connectivity index (χ1v) is 12.3. The molecule has 0 bridgehead atoms. The van der Waals surface area contributed by atoms with Crippen molar-refractivity contribution in [2.75, 3.05) is 0 Å². The molecule has 1 aromatic rings. The van der Waals surface area contributed by atoms with Crippen molar-refractivity contribution in [3.8, 4) is 0 Å². The van der Waals surface area contributed by atoms with Crippen molar-refractivity contribution in [2.24, 2.45) is 0 Å². The SMILES string of the molecule is CCCCCCCC/C(=C\[I+]c1ccccc1C)OS(=O)(=O)C(F)(F)F. The Balaban J connectivity index is 2.78. The van der Waals surface area contributed by atoms with E-state index in [0.29, 0.717) is 6.42 Å². The van der Waals surface area contributed by atoms with Gasteiger partial charge in [0.25, 0.3) is 0 Å². The van der Waals surface area contributed by atoms with E-state index in [9.17, 15) is 21.6 Å². The first-order valence-electron chi connectivity index (χ1n) is 8.56. The number of aryl methyl sites for hydroxylation is 1. The minimum atomic E-state index is -5.61. The van der Waals surface area contributed by atoms with E-state index in [1.54, 1.807) is 4.08 Å². The van der Waals surface area contributed by atoms with E-state index in [-0.39, 0.29) is 12.2 Å². The third-order valence-corrected chi connectivity index (χ3v) is 7.54.